The van der Waals surface area contributed by atoms with Crippen molar-refractivity contribution in [2.75, 3.05) is 0 Å². The number of nitrogens with one attached hydrogen (secondary N) is 1. The second-order valence-corrected chi connectivity index (χ2v) is 8.82. The number of hydroxylamine groups is 1. The third kappa shape index (κ3) is 6.59. The molecule has 3 N–H and O–H groups in total. The third-order valence-electron chi connectivity index (χ3n) is 6.11. The lowest BCUT2D eigenvalue weighted by Gasteiger charge is -2.27. The fourth-order valence-electron chi connectivity index (χ4n) is 4.09. The summed E-state index contributed by atoms with van der Waals surface area (Å²) in [6.07, 6.45) is 3.87. The van der Waals surface area contributed by atoms with Crippen molar-refractivity contribution in [3.63, 3.8) is 0 Å². The number of urea groups is 1. The van der Waals surface area contributed by atoms with Crippen molar-refractivity contribution in [1.82, 2.24) is 19.9 Å². The van der Waals surface area contributed by atoms with E-state index in [-0.39, 0.29) is 29.9 Å². The normalized spacial score (nSPS) is 11.6. The number of aromatic carboxylic acids is 1. The van der Waals surface area contributed by atoms with Gasteiger partial charge in [0.15, 0.2) is 0 Å². The van der Waals surface area contributed by atoms with Gasteiger partial charge in [-0.15, -0.1) is 0 Å². The molecular formula is C26H29N5O7. The SMILES string of the molecule is CCCCc1ncc(C(=O)N(C(=O)NO)C(C)Cc2ccc([N+](=O)[O-])cc2)n1Cc1ccc(C(=O)O)cc1. The molecule has 0 aliphatic rings. The van der Waals surface area contributed by atoms with Gasteiger partial charge in [-0.3, -0.25) is 25.0 Å². The number of rotatable bonds is 11. The summed E-state index contributed by atoms with van der Waals surface area (Å²) >= 11 is 0. The van der Waals surface area contributed by atoms with E-state index in [9.17, 15) is 29.7 Å². The van der Waals surface area contributed by atoms with Gasteiger partial charge in [0.1, 0.15) is 11.5 Å². The predicted molar refractivity (Wildman–Crippen MR) is 136 cm³/mol. The number of aromatic nitrogens is 2. The molecule has 1 atom stereocenters. The molecule has 0 saturated heterocycles. The van der Waals surface area contributed by atoms with Crippen molar-refractivity contribution in [1.29, 1.82) is 0 Å². The van der Waals surface area contributed by atoms with Crippen LogP contribution in [0.1, 0.15) is 64.5 Å². The van der Waals surface area contributed by atoms with E-state index in [0.717, 1.165) is 23.3 Å². The Labute approximate surface area is 218 Å². The number of amides is 3. The number of non-ortho nitro benzene ring substituents is 1. The van der Waals surface area contributed by atoms with Gasteiger partial charge in [0.05, 0.1) is 16.7 Å². The number of carbonyl (C=O) groups is 3. The van der Waals surface area contributed by atoms with Crippen LogP contribution in [-0.2, 0) is 19.4 Å². The first-order valence-electron chi connectivity index (χ1n) is 12.0. The van der Waals surface area contributed by atoms with E-state index in [1.165, 1.54) is 35.9 Å². The molecule has 0 spiro atoms. The van der Waals surface area contributed by atoms with Crippen LogP contribution in [0.25, 0.3) is 0 Å². The van der Waals surface area contributed by atoms with Crippen LogP contribution in [0, 0.1) is 10.1 Å². The minimum absolute atomic E-state index is 0.0812. The van der Waals surface area contributed by atoms with Crippen LogP contribution in [0.5, 0.6) is 0 Å². The van der Waals surface area contributed by atoms with Crippen molar-refractivity contribution in [3.8, 4) is 0 Å². The Hall–Kier alpha value is -4.58. The van der Waals surface area contributed by atoms with Crippen molar-refractivity contribution in [2.24, 2.45) is 0 Å². The van der Waals surface area contributed by atoms with Crippen molar-refractivity contribution < 1.29 is 29.6 Å². The van der Waals surface area contributed by atoms with Gasteiger partial charge in [0.2, 0.25) is 0 Å². The number of unbranched alkanes of at least 4 members (excludes halogenated alkanes) is 1. The van der Waals surface area contributed by atoms with Crippen LogP contribution >= 0.6 is 0 Å². The highest BCUT2D eigenvalue weighted by Gasteiger charge is 2.31. The standard InChI is InChI=1S/C26H29N5O7/c1-3-4-5-23-27-15-22(29(23)16-19-6-10-20(11-7-19)25(33)34)24(32)30(26(35)28-36)17(2)14-18-8-12-21(13-9-18)31(37)38/h6-13,15,17,36H,3-5,14,16H2,1-2H3,(H,28,35)(H,33,34). The summed E-state index contributed by atoms with van der Waals surface area (Å²) in [6, 6.07) is 10.2. The van der Waals surface area contributed by atoms with Crippen LogP contribution in [0.4, 0.5) is 10.5 Å². The molecule has 3 rings (SSSR count). The Kier molecular flexibility index (Phi) is 9.28. The average molecular weight is 524 g/mol. The van der Waals surface area contributed by atoms with Crippen LogP contribution < -0.4 is 5.48 Å². The molecule has 0 saturated carbocycles. The maximum absolute atomic E-state index is 13.7. The molecule has 1 aromatic heterocycles. The molecule has 3 aromatic rings. The minimum Gasteiger partial charge on any atom is -0.478 e. The lowest BCUT2D eigenvalue weighted by atomic mass is 10.1. The van der Waals surface area contributed by atoms with Gasteiger partial charge in [0, 0.05) is 31.1 Å². The zero-order valence-electron chi connectivity index (χ0n) is 21.0. The van der Waals surface area contributed by atoms with Crippen LogP contribution in [0.2, 0.25) is 0 Å². The minimum atomic E-state index is -1.05. The lowest BCUT2D eigenvalue weighted by Crippen LogP contribution is -2.49. The summed E-state index contributed by atoms with van der Waals surface area (Å²) in [5, 5.41) is 29.5. The summed E-state index contributed by atoms with van der Waals surface area (Å²) in [7, 11) is 0. The van der Waals surface area contributed by atoms with Crippen molar-refractivity contribution in [2.45, 2.75) is 52.1 Å². The number of aryl methyl sites for hydroxylation is 1. The number of nitrogens with zero attached hydrogens (tertiary/aromatic N) is 4. The summed E-state index contributed by atoms with van der Waals surface area (Å²) < 4.78 is 1.68. The molecule has 0 radical (unpaired) electrons. The number of imidazole rings is 1. The second kappa shape index (κ2) is 12.6. The number of carbonyl (C=O) groups excluding carboxylic acids is 2. The molecule has 0 fully saturated rings. The van der Waals surface area contributed by atoms with Crippen LogP contribution in [0.3, 0.4) is 0 Å². The number of hydrogen-bond acceptors (Lipinski definition) is 7. The number of carboxylic acid groups (broad SMARTS) is 1. The molecule has 0 bridgehead atoms. The zero-order chi connectivity index (χ0) is 27.8. The van der Waals surface area contributed by atoms with E-state index in [2.05, 4.69) is 4.98 Å². The van der Waals surface area contributed by atoms with Gasteiger partial charge in [-0.25, -0.2) is 20.1 Å². The highest BCUT2D eigenvalue weighted by Crippen LogP contribution is 2.20. The fourth-order valence-corrected chi connectivity index (χ4v) is 4.09. The molecule has 200 valence electrons. The van der Waals surface area contributed by atoms with Gasteiger partial charge >= 0.3 is 12.0 Å². The topological polar surface area (TPSA) is 168 Å². The fraction of sp³-hybridized carbons (Fsp3) is 0.308. The maximum Gasteiger partial charge on any atom is 0.348 e. The van der Waals surface area contributed by atoms with Gasteiger partial charge in [-0.1, -0.05) is 37.6 Å². The quantitative estimate of drug-likeness (QED) is 0.192. The molecule has 0 aliphatic carbocycles. The number of carboxylic acids is 1. The first-order valence-corrected chi connectivity index (χ1v) is 12.0. The smallest absolute Gasteiger partial charge is 0.348 e. The molecule has 12 heteroatoms. The maximum atomic E-state index is 13.7. The Morgan fingerprint density at radius 1 is 1.11 bits per heavy atom. The number of benzene rings is 2. The lowest BCUT2D eigenvalue weighted by molar-refractivity contribution is -0.384. The number of nitro benzene ring substituents is 1. The van der Waals surface area contributed by atoms with Gasteiger partial charge in [-0.05, 0) is 43.0 Å². The molecule has 2 aromatic carbocycles. The summed E-state index contributed by atoms with van der Waals surface area (Å²) in [4.78, 5) is 53.2. The predicted octanol–water partition coefficient (Wildman–Crippen LogP) is 4.05. The van der Waals surface area contributed by atoms with Gasteiger partial charge in [-0.2, -0.15) is 0 Å². The molecule has 3 amide bonds. The monoisotopic (exact) mass is 523 g/mol. The third-order valence-corrected chi connectivity index (χ3v) is 6.11. The molecular weight excluding hydrogens is 494 g/mol. The van der Waals surface area contributed by atoms with E-state index in [1.807, 2.05) is 6.92 Å². The highest BCUT2D eigenvalue weighted by atomic mass is 16.6. The Balaban J connectivity index is 1.93. The molecule has 1 unspecified atom stereocenters. The largest absolute Gasteiger partial charge is 0.478 e. The van der Waals surface area contributed by atoms with Gasteiger partial charge in [0.25, 0.3) is 11.6 Å². The summed E-state index contributed by atoms with van der Waals surface area (Å²) in [5.41, 5.74) is 3.09. The molecule has 0 aliphatic heterocycles. The van der Waals surface area contributed by atoms with E-state index in [1.54, 1.807) is 35.8 Å². The first-order chi connectivity index (χ1) is 18.2. The number of hydrogen-bond donors (Lipinski definition) is 3. The molecule has 38 heavy (non-hydrogen) atoms. The average Bonchev–Trinajstić information content (AvgIpc) is 3.30. The van der Waals surface area contributed by atoms with E-state index >= 15 is 0 Å². The first kappa shape index (κ1) is 28.0. The van der Waals surface area contributed by atoms with E-state index in [4.69, 9.17) is 5.11 Å². The number of imide groups is 1. The highest BCUT2D eigenvalue weighted by molar-refractivity contribution is 6.03. The molecule has 12 nitrogen and oxygen atoms in total. The van der Waals surface area contributed by atoms with Crippen LogP contribution in [0.15, 0.2) is 54.7 Å². The number of nitro groups is 1. The zero-order valence-corrected chi connectivity index (χ0v) is 21.0. The Morgan fingerprint density at radius 2 is 1.74 bits per heavy atom. The van der Waals surface area contributed by atoms with Gasteiger partial charge < -0.3 is 9.67 Å². The van der Waals surface area contributed by atoms with Crippen LogP contribution in [-0.4, -0.2) is 53.6 Å². The summed E-state index contributed by atoms with van der Waals surface area (Å²) in [6.45, 7) is 3.86. The molecule has 1 heterocycles. The van der Waals surface area contributed by atoms with Crippen molar-refractivity contribution >= 4 is 23.6 Å². The Bertz CT molecular complexity index is 1300. The van der Waals surface area contributed by atoms with E-state index < -0.39 is 28.9 Å². The van der Waals surface area contributed by atoms with E-state index in [0.29, 0.717) is 17.8 Å². The summed E-state index contributed by atoms with van der Waals surface area (Å²) in [5.74, 6) is -1.11. The van der Waals surface area contributed by atoms with Crippen molar-refractivity contribution in [3.05, 3.63) is 93.1 Å². The Morgan fingerprint density at radius 3 is 2.29 bits per heavy atom. The second-order valence-electron chi connectivity index (χ2n) is 8.82.